The minimum absolute atomic E-state index is 0.207. The van der Waals surface area contributed by atoms with Gasteiger partial charge in [-0.3, -0.25) is 4.79 Å². The van der Waals surface area contributed by atoms with E-state index in [1.807, 2.05) is 0 Å². The summed E-state index contributed by atoms with van der Waals surface area (Å²) in [5, 5.41) is 12.1. The van der Waals surface area contributed by atoms with Crippen LogP contribution in [0.3, 0.4) is 0 Å². The van der Waals surface area contributed by atoms with Gasteiger partial charge < -0.3 is 14.5 Å². The van der Waals surface area contributed by atoms with Crippen molar-refractivity contribution in [3.63, 3.8) is 0 Å². The average Bonchev–Trinajstić information content (AvgIpc) is 3.27. The minimum Gasteiger partial charge on any atom is -0.495 e. The second kappa shape index (κ2) is 7.05. The fraction of sp³-hybridized carbons (Fsp3) is 0.0556. The van der Waals surface area contributed by atoms with Crippen molar-refractivity contribution in [2.75, 3.05) is 12.4 Å². The number of aromatic nitrogens is 3. The Morgan fingerprint density at radius 1 is 1.15 bits per heavy atom. The maximum Gasteiger partial charge on any atom is 0.291 e. The summed E-state index contributed by atoms with van der Waals surface area (Å²) < 4.78 is 10.9. The minimum atomic E-state index is -0.352. The monoisotopic (exact) mass is 446 g/mol. The SMILES string of the molecule is COc1ccc(-n2nc3ccc(NC(=O)c4ccc(Br)o4)cc3n2)cc1Cl. The van der Waals surface area contributed by atoms with E-state index in [4.69, 9.17) is 20.8 Å². The van der Waals surface area contributed by atoms with Crippen LogP contribution in [-0.2, 0) is 0 Å². The quantitative estimate of drug-likeness (QED) is 0.491. The van der Waals surface area contributed by atoms with Crippen molar-refractivity contribution < 1.29 is 13.9 Å². The fourth-order valence-electron chi connectivity index (χ4n) is 2.52. The van der Waals surface area contributed by atoms with Crippen LogP contribution in [0.25, 0.3) is 16.7 Å². The number of rotatable bonds is 4. The van der Waals surface area contributed by atoms with E-state index in [9.17, 15) is 4.79 Å². The maximum absolute atomic E-state index is 12.2. The lowest BCUT2D eigenvalue weighted by atomic mass is 10.2. The van der Waals surface area contributed by atoms with Gasteiger partial charge >= 0.3 is 0 Å². The Morgan fingerprint density at radius 2 is 1.96 bits per heavy atom. The van der Waals surface area contributed by atoms with Gasteiger partial charge in [0.05, 0.1) is 17.8 Å². The number of hydrogen-bond donors (Lipinski definition) is 1. The summed E-state index contributed by atoms with van der Waals surface area (Å²) in [5.41, 5.74) is 2.59. The number of halogens is 2. The van der Waals surface area contributed by atoms with Crippen LogP contribution in [0.4, 0.5) is 5.69 Å². The van der Waals surface area contributed by atoms with Gasteiger partial charge in [0.15, 0.2) is 10.4 Å². The molecule has 0 aliphatic rings. The molecule has 1 N–H and O–H groups in total. The van der Waals surface area contributed by atoms with Crippen molar-refractivity contribution in [3.05, 3.63) is 64.0 Å². The molecule has 27 heavy (non-hydrogen) atoms. The van der Waals surface area contributed by atoms with Gasteiger partial charge in [0.2, 0.25) is 0 Å². The van der Waals surface area contributed by atoms with Crippen LogP contribution in [0, 0.1) is 0 Å². The molecule has 136 valence electrons. The topological polar surface area (TPSA) is 82.2 Å². The summed E-state index contributed by atoms with van der Waals surface area (Å²) in [5.74, 6) is 0.430. The van der Waals surface area contributed by atoms with Crippen LogP contribution in [0.2, 0.25) is 5.02 Å². The van der Waals surface area contributed by atoms with Gasteiger partial charge in [-0.2, -0.15) is 4.80 Å². The van der Waals surface area contributed by atoms with Crippen LogP contribution in [0.1, 0.15) is 10.6 Å². The number of carbonyl (C=O) groups excluding carboxylic acids is 1. The first-order valence-corrected chi connectivity index (χ1v) is 8.98. The summed E-state index contributed by atoms with van der Waals surface area (Å²) in [6.45, 7) is 0. The number of nitrogens with zero attached hydrogens (tertiary/aromatic N) is 3. The largest absolute Gasteiger partial charge is 0.495 e. The van der Waals surface area contributed by atoms with E-state index in [0.717, 1.165) is 0 Å². The number of amides is 1. The number of anilines is 1. The molecule has 2 heterocycles. The lowest BCUT2D eigenvalue weighted by Crippen LogP contribution is -2.10. The molecule has 0 spiro atoms. The molecule has 7 nitrogen and oxygen atoms in total. The Balaban J connectivity index is 1.62. The van der Waals surface area contributed by atoms with Crippen molar-refractivity contribution in [1.29, 1.82) is 0 Å². The summed E-state index contributed by atoms with van der Waals surface area (Å²) in [7, 11) is 1.55. The first-order chi connectivity index (χ1) is 13.0. The highest BCUT2D eigenvalue weighted by Crippen LogP contribution is 2.27. The Kier molecular flexibility index (Phi) is 4.59. The van der Waals surface area contributed by atoms with Crippen LogP contribution >= 0.6 is 27.5 Å². The second-order valence-electron chi connectivity index (χ2n) is 5.57. The molecule has 2 aromatic heterocycles. The summed E-state index contributed by atoms with van der Waals surface area (Å²) in [6.07, 6.45) is 0. The molecule has 4 rings (SSSR count). The summed E-state index contributed by atoms with van der Waals surface area (Å²) in [4.78, 5) is 13.7. The predicted molar refractivity (Wildman–Crippen MR) is 105 cm³/mol. The third-order valence-electron chi connectivity index (χ3n) is 3.80. The summed E-state index contributed by atoms with van der Waals surface area (Å²) in [6, 6.07) is 13.8. The predicted octanol–water partition coefficient (Wildman–Crippen LogP) is 4.69. The van der Waals surface area contributed by atoms with E-state index in [2.05, 4.69) is 31.4 Å². The average molecular weight is 448 g/mol. The van der Waals surface area contributed by atoms with E-state index in [0.29, 0.717) is 37.8 Å². The van der Waals surface area contributed by atoms with Gasteiger partial charge in [0.25, 0.3) is 5.91 Å². The van der Waals surface area contributed by atoms with E-state index in [-0.39, 0.29) is 11.7 Å². The van der Waals surface area contributed by atoms with E-state index in [1.54, 1.807) is 55.6 Å². The lowest BCUT2D eigenvalue weighted by molar-refractivity contribution is 0.0995. The van der Waals surface area contributed by atoms with Gasteiger partial charge in [0, 0.05) is 5.69 Å². The van der Waals surface area contributed by atoms with Crippen molar-refractivity contribution in [1.82, 2.24) is 15.0 Å². The second-order valence-corrected chi connectivity index (χ2v) is 6.76. The number of hydrogen-bond acceptors (Lipinski definition) is 5. The number of methoxy groups -OCH3 is 1. The normalized spacial score (nSPS) is 10.9. The zero-order valence-corrected chi connectivity index (χ0v) is 16.3. The maximum atomic E-state index is 12.2. The molecule has 0 unspecified atom stereocenters. The van der Waals surface area contributed by atoms with Gasteiger partial charge in [0.1, 0.15) is 16.8 Å². The zero-order chi connectivity index (χ0) is 19.0. The molecule has 0 fully saturated rings. The molecule has 9 heteroatoms. The highest BCUT2D eigenvalue weighted by atomic mass is 79.9. The zero-order valence-electron chi connectivity index (χ0n) is 13.9. The molecule has 0 saturated heterocycles. The van der Waals surface area contributed by atoms with Crippen molar-refractivity contribution in [3.8, 4) is 11.4 Å². The third-order valence-corrected chi connectivity index (χ3v) is 4.52. The van der Waals surface area contributed by atoms with E-state index < -0.39 is 0 Å². The van der Waals surface area contributed by atoms with Gasteiger partial charge in [-0.05, 0) is 64.5 Å². The molecule has 0 radical (unpaired) electrons. The Bertz CT molecular complexity index is 1150. The number of carbonyl (C=O) groups is 1. The Morgan fingerprint density at radius 3 is 2.67 bits per heavy atom. The number of nitrogens with one attached hydrogen (secondary N) is 1. The van der Waals surface area contributed by atoms with E-state index in [1.165, 1.54) is 4.80 Å². The standard InChI is InChI=1S/C18H12BrClN4O3/c1-26-15-5-3-11(9-12(15)20)24-22-13-4-2-10(8-14(13)23-24)21-18(25)16-6-7-17(19)27-16/h2-9H,1H3,(H,21,25). The number of fused-ring (bicyclic) bond motifs is 1. The van der Waals surface area contributed by atoms with Gasteiger partial charge in [-0.15, -0.1) is 10.2 Å². The van der Waals surface area contributed by atoms with Crippen LogP contribution in [0.15, 0.2) is 57.6 Å². The van der Waals surface area contributed by atoms with Crippen LogP contribution in [-0.4, -0.2) is 28.0 Å². The van der Waals surface area contributed by atoms with Crippen molar-refractivity contribution in [2.24, 2.45) is 0 Å². The van der Waals surface area contributed by atoms with Crippen LogP contribution < -0.4 is 10.1 Å². The van der Waals surface area contributed by atoms with Gasteiger partial charge in [-0.1, -0.05) is 11.6 Å². The van der Waals surface area contributed by atoms with Crippen molar-refractivity contribution in [2.45, 2.75) is 0 Å². The van der Waals surface area contributed by atoms with Gasteiger partial charge in [-0.25, -0.2) is 0 Å². The number of benzene rings is 2. The molecule has 0 aliphatic carbocycles. The fourth-order valence-corrected chi connectivity index (χ4v) is 3.07. The molecule has 0 aliphatic heterocycles. The number of ether oxygens (including phenoxy) is 1. The molecule has 2 aromatic carbocycles. The van der Waals surface area contributed by atoms with Crippen molar-refractivity contribution >= 4 is 50.2 Å². The molecule has 0 saturated carbocycles. The first kappa shape index (κ1) is 17.6. The van der Waals surface area contributed by atoms with Crippen LogP contribution in [0.5, 0.6) is 5.75 Å². The summed E-state index contributed by atoms with van der Waals surface area (Å²) >= 11 is 9.34. The highest BCUT2D eigenvalue weighted by Gasteiger charge is 2.12. The molecular weight excluding hydrogens is 436 g/mol. The molecule has 4 aromatic rings. The molecule has 1 amide bonds. The molecule has 0 atom stereocenters. The number of furan rings is 1. The highest BCUT2D eigenvalue weighted by molar-refractivity contribution is 9.10. The van der Waals surface area contributed by atoms with E-state index >= 15 is 0 Å². The first-order valence-electron chi connectivity index (χ1n) is 7.81. The molecular formula is C18H12BrClN4O3. The third kappa shape index (κ3) is 3.54. The smallest absolute Gasteiger partial charge is 0.291 e. The molecule has 0 bridgehead atoms. The lowest BCUT2D eigenvalue weighted by Gasteiger charge is -2.04. The Labute approximate surface area is 167 Å². The Hall–Kier alpha value is -2.84.